The summed E-state index contributed by atoms with van der Waals surface area (Å²) in [4.78, 5) is 1.67. The van der Waals surface area contributed by atoms with Crippen molar-refractivity contribution in [2.24, 2.45) is 7.05 Å². The van der Waals surface area contributed by atoms with Crippen LogP contribution in [0.2, 0.25) is 0 Å². The molecule has 0 amide bonds. The molecule has 0 aliphatic rings. The second kappa shape index (κ2) is 7.13. The van der Waals surface area contributed by atoms with Crippen molar-refractivity contribution >= 4 is 11.8 Å². The molecule has 0 saturated carbocycles. The lowest BCUT2D eigenvalue weighted by molar-refractivity contribution is 0.752. The summed E-state index contributed by atoms with van der Waals surface area (Å²) in [6, 6.07) is 18.3. The molecule has 0 spiro atoms. The van der Waals surface area contributed by atoms with E-state index in [2.05, 4.69) is 39.5 Å². The van der Waals surface area contributed by atoms with E-state index in [0.717, 1.165) is 22.1 Å². The van der Waals surface area contributed by atoms with Crippen LogP contribution in [0.1, 0.15) is 17.7 Å². The van der Waals surface area contributed by atoms with Gasteiger partial charge in [0, 0.05) is 17.9 Å². The SMILES string of the molecule is C[C@H](Sc1nncn1C)c1cccc(-n2ncc(-c3ccccc3)n2)c1. The summed E-state index contributed by atoms with van der Waals surface area (Å²) in [5, 5.41) is 18.2. The molecule has 1 atom stereocenters. The van der Waals surface area contributed by atoms with Crippen molar-refractivity contribution in [1.29, 1.82) is 0 Å². The van der Waals surface area contributed by atoms with E-state index in [1.165, 1.54) is 5.56 Å². The molecule has 0 radical (unpaired) electrons. The third kappa shape index (κ3) is 3.39. The molecule has 0 saturated heterocycles. The third-order valence-electron chi connectivity index (χ3n) is 4.08. The topological polar surface area (TPSA) is 61.4 Å². The van der Waals surface area contributed by atoms with Gasteiger partial charge in [0.25, 0.3) is 0 Å². The largest absolute Gasteiger partial charge is 0.312 e. The fourth-order valence-corrected chi connectivity index (χ4v) is 3.54. The molecule has 0 bridgehead atoms. The molecule has 2 aromatic heterocycles. The lowest BCUT2D eigenvalue weighted by Gasteiger charge is -2.12. The average Bonchev–Trinajstić information content (AvgIpc) is 3.32. The Bertz CT molecular complexity index is 1010. The van der Waals surface area contributed by atoms with Gasteiger partial charge in [0.15, 0.2) is 5.16 Å². The Morgan fingerprint density at radius 3 is 2.65 bits per heavy atom. The van der Waals surface area contributed by atoms with Gasteiger partial charge in [0.05, 0.1) is 11.9 Å². The number of nitrogens with zero attached hydrogens (tertiary/aromatic N) is 6. The Balaban J connectivity index is 1.58. The maximum Gasteiger partial charge on any atom is 0.191 e. The molecule has 0 unspecified atom stereocenters. The van der Waals surface area contributed by atoms with E-state index in [1.807, 2.05) is 54.1 Å². The van der Waals surface area contributed by atoms with E-state index in [4.69, 9.17) is 0 Å². The molecule has 26 heavy (non-hydrogen) atoms. The zero-order valence-corrected chi connectivity index (χ0v) is 15.3. The van der Waals surface area contributed by atoms with Crippen LogP contribution < -0.4 is 0 Å². The molecule has 0 aliphatic carbocycles. The van der Waals surface area contributed by atoms with E-state index in [0.29, 0.717) is 0 Å². The summed E-state index contributed by atoms with van der Waals surface area (Å²) in [5.74, 6) is 0. The number of thioether (sulfide) groups is 1. The molecular weight excluding hydrogens is 344 g/mol. The number of hydrogen-bond acceptors (Lipinski definition) is 5. The van der Waals surface area contributed by atoms with Crippen LogP contribution in [0.25, 0.3) is 16.9 Å². The van der Waals surface area contributed by atoms with Gasteiger partial charge in [-0.1, -0.05) is 54.2 Å². The summed E-state index contributed by atoms with van der Waals surface area (Å²) < 4.78 is 1.92. The predicted molar refractivity (Wildman–Crippen MR) is 102 cm³/mol. The second-order valence-corrected chi connectivity index (χ2v) is 7.27. The van der Waals surface area contributed by atoms with Gasteiger partial charge < -0.3 is 4.57 Å². The van der Waals surface area contributed by atoms with Crippen molar-refractivity contribution < 1.29 is 0 Å². The minimum atomic E-state index is 0.238. The molecule has 2 aromatic carbocycles. The molecule has 7 heteroatoms. The van der Waals surface area contributed by atoms with E-state index < -0.39 is 0 Å². The average molecular weight is 362 g/mol. The Hall–Kier alpha value is -2.93. The quantitative estimate of drug-likeness (QED) is 0.504. The van der Waals surface area contributed by atoms with Gasteiger partial charge in [0.1, 0.15) is 12.0 Å². The van der Waals surface area contributed by atoms with Crippen LogP contribution in [-0.4, -0.2) is 29.8 Å². The smallest absolute Gasteiger partial charge is 0.191 e. The number of aryl methyl sites for hydroxylation is 1. The summed E-state index contributed by atoms with van der Waals surface area (Å²) in [6.45, 7) is 2.16. The number of rotatable bonds is 5. The Morgan fingerprint density at radius 1 is 1.04 bits per heavy atom. The molecular formula is C19H18N6S. The fraction of sp³-hybridized carbons (Fsp3) is 0.158. The first-order chi connectivity index (χ1) is 12.7. The first kappa shape index (κ1) is 16.5. The zero-order chi connectivity index (χ0) is 17.9. The van der Waals surface area contributed by atoms with Crippen LogP contribution >= 0.6 is 11.8 Å². The highest BCUT2D eigenvalue weighted by Crippen LogP contribution is 2.33. The Kier molecular flexibility index (Phi) is 4.53. The monoisotopic (exact) mass is 362 g/mol. The van der Waals surface area contributed by atoms with Gasteiger partial charge in [-0.05, 0) is 24.6 Å². The molecule has 130 valence electrons. The van der Waals surface area contributed by atoms with Crippen molar-refractivity contribution in [1.82, 2.24) is 29.8 Å². The summed E-state index contributed by atoms with van der Waals surface area (Å²) in [5.41, 5.74) is 4.04. The number of benzene rings is 2. The van der Waals surface area contributed by atoms with Gasteiger partial charge in [-0.3, -0.25) is 0 Å². The molecule has 2 heterocycles. The fourth-order valence-electron chi connectivity index (χ4n) is 2.64. The maximum absolute atomic E-state index is 4.61. The second-order valence-electron chi connectivity index (χ2n) is 5.96. The van der Waals surface area contributed by atoms with Gasteiger partial charge in [-0.15, -0.1) is 15.3 Å². The zero-order valence-electron chi connectivity index (χ0n) is 14.5. The Labute approximate surface area is 155 Å². The highest BCUT2D eigenvalue weighted by Gasteiger charge is 2.13. The number of aromatic nitrogens is 6. The Morgan fingerprint density at radius 2 is 1.88 bits per heavy atom. The lowest BCUT2D eigenvalue weighted by Crippen LogP contribution is -2.01. The minimum Gasteiger partial charge on any atom is -0.312 e. The molecule has 0 aliphatic heterocycles. The van der Waals surface area contributed by atoms with Gasteiger partial charge >= 0.3 is 0 Å². The minimum absolute atomic E-state index is 0.238. The highest BCUT2D eigenvalue weighted by molar-refractivity contribution is 7.99. The molecule has 0 fully saturated rings. The van der Waals surface area contributed by atoms with Gasteiger partial charge in [0.2, 0.25) is 0 Å². The summed E-state index contributed by atoms with van der Waals surface area (Å²) in [7, 11) is 1.95. The van der Waals surface area contributed by atoms with Crippen LogP contribution in [0.15, 0.2) is 72.3 Å². The van der Waals surface area contributed by atoms with Crippen molar-refractivity contribution in [3.63, 3.8) is 0 Å². The van der Waals surface area contributed by atoms with Crippen LogP contribution in [0.4, 0.5) is 0 Å². The first-order valence-electron chi connectivity index (χ1n) is 8.29. The van der Waals surface area contributed by atoms with E-state index >= 15 is 0 Å². The third-order valence-corrected chi connectivity index (χ3v) is 5.29. The van der Waals surface area contributed by atoms with Gasteiger partial charge in [-0.25, -0.2) is 0 Å². The molecule has 4 aromatic rings. The molecule has 4 rings (SSSR count). The normalized spacial score (nSPS) is 12.2. The van der Waals surface area contributed by atoms with Crippen LogP contribution in [0.3, 0.4) is 0 Å². The van der Waals surface area contributed by atoms with E-state index in [-0.39, 0.29) is 5.25 Å². The number of hydrogen-bond donors (Lipinski definition) is 0. The van der Waals surface area contributed by atoms with Crippen molar-refractivity contribution in [3.8, 4) is 16.9 Å². The summed E-state index contributed by atoms with van der Waals surface area (Å²) in [6.07, 6.45) is 3.50. The van der Waals surface area contributed by atoms with E-state index in [9.17, 15) is 0 Å². The van der Waals surface area contributed by atoms with Crippen molar-refractivity contribution in [2.75, 3.05) is 0 Å². The lowest BCUT2D eigenvalue weighted by atomic mass is 10.1. The highest BCUT2D eigenvalue weighted by atomic mass is 32.2. The van der Waals surface area contributed by atoms with Crippen LogP contribution in [0.5, 0.6) is 0 Å². The predicted octanol–water partition coefficient (Wildman–Crippen LogP) is 3.92. The van der Waals surface area contributed by atoms with Crippen molar-refractivity contribution in [2.45, 2.75) is 17.3 Å². The van der Waals surface area contributed by atoms with E-state index in [1.54, 1.807) is 29.1 Å². The maximum atomic E-state index is 4.61. The van der Waals surface area contributed by atoms with Crippen molar-refractivity contribution in [3.05, 3.63) is 72.7 Å². The molecule has 6 nitrogen and oxygen atoms in total. The van der Waals surface area contributed by atoms with Crippen LogP contribution in [0, 0.1) is 0 Å². The van der Waals surface area contributed by atoms with Gasteiger partial charge in [-0.2, -0.15) is 9.90 Å². The summed E-state index contributed by atoms with van der Waals surface area (Å²) >= 11 is 1.68. The first-order valence-corrected chi connectivity index (χ1v) is 9.17. The molecule has 0 N–H and O–H groups in total. The van der Waals surface area contributed by atoms with Crippen LogP contribution in [-0.2, 0) is 7.05 Å². The standard InChI is InChI=1S/C19H18N6S/c1-14(26-19-22-20-13-24(19)2)16-9-6-10-17(11-16)25-21-12-18(23-25)15-7-4-3-5-8-15/h3-14H,1-2H3/t14-/m0/s1.